The fourth-order valence-corrected chi connectivity index (χ4v) is 0.992. The smallest absolute Gasteiger partial charge is 0.305 e. The van der Waals surface area contributed by atoms with E-state index in [1.807, 2.05) is 0 Å². The summed E-state index contributed by atoms with van der Waals surface area (Å²) in [4.78, 5) is 11.0. The lowest BCUT2D eigenvalue weighted by Crippen LogP contribution is -2.02. The lowest BCUT2D eigenvalue weighted by molar-refractivity contribution is -0.143. The summed E-state index contributed by atoms with van der Waals surface area (Å²) in [6.07, 6.45) is 4.42. The van der Waals surface area contributed by atoms with Gasteiger partial charge in [0.1, 0.15) is 0 Å². The Labute approximate surface area is 76.7 Å². The van der Waals surface area contributed by atoms with Gasteiger partial charge in [0.25, 0.3) is 0 Å². The van der Waals surface area contributed by atoms with Crippen LogP contribution in [0, 0.1) is 0 Å². The second-order valence-electron chi connectivity index (χ2n) is 2.81. The minimum absolute atomic E-state index is 0.376. The maximum Gasteiger partial charge on any atom is 0.305 e. The van der Waals surface area contributed by atoms with E-state index in [1.54, 1.807) is 6.92 Å². The average Bonchev–Trinajstić information content (AvgIpc) is 2.12. The average molecular weight is 173 g/mol. The highest BCUT2D eigenvalue weighted by molar-refractivity contribution is 5.69. The van der Waals surface area contributed by atoms with E-state index < -0.39 is 6.40 Å². The Morgan fingerprint density at radius 2 is 1.92 bits per heavy atom. The van der Waals surface area contributed by atoms with E-state index in [4.69, 9.17) is 6.11 Å². The van der Waals surface area contributed by atoms with Crippen LogP contribution in [0.1, 0.15) is 53.7 Å². The van der Waals surface area contributed by atoms with Crippen LogP contribution >= 0.6 is 0 Å². The van der Waals surface area contributed by atoms with Gasteiger partial charge in [-0.15, -0.1) is 0 Å². The molecule has 2 heteroatoms. The van der Waals surface area contributed by atoms with Crippen molar-refractivity contribution in [2.24, 2.45) is 0 Å². The number of carbonyl (C=O) groups excluding carboxylic acids is 1. The molecule has 1 unspecified atom stereocenters. The van der Waals surface area contributed by atoms with Gasteiger partial charge in [0.05, 0.1) is 6.61 Å². The molecular weight excluding hydrogens is 152 g/mol. The number of hydrogen-bond acceptors (Lipinski definition) is 2. The minimum Gasteiger partial charge on any atom is -0.466 e. The monoisotopic (exact) mass is 173 g/mol. The molecule has 1 atom stereocenters. The number of rotatable bonds is 7. The molecule has 0 saturated heterocycles. The Kier molecular flexibility index (Phi) is 6.82. The van der Waals surface area contributed by atoms with E-state index in [0.29, 0.717) is 13.0 Å². The van der Waals surface area contributed by atoms with Gasteiger partial charge in [-0.3, -0.25) is 4.79 Å². The van der Waals surface area contributed by atoms with Gasteiger partial charge in [0, 0.05) is 7.77 Å². The summed E-state index contributed by atoms with van der Waals surface area (Å²) >= 11 is 0. The van der Waals surface area contributed by atoms with E-state index in [1.165, 1.54) is 12.8 Å². The molecule has 72 valence electrons. The van der Waals surface area contributed by atoms with Crippen molar-refractivity contribution in [3.63, 3.8) is 0 Å². The van der Waals surface area contributed by atoms with Gasteiger partial charge in [-0.1, -0.05) is 32.6 Å². The van der Waals surface area contributed by atoms with Crippen molar-refractivity contribution in [2.75, 3.05) is 6.61 Å². The van der Waals surface area contributed by atoms with E-state index >= 15 is 0 Å². The maximum absolute atomic E-state index is 11.0. The van der Waals surface area contributed by atoms with Gasteiger partial charge in [-0.05, 0) is 13.3 Å². The molecule has 0 amide bonds. The van der Waals surface area contributed by atoms with Crippen molar-refractivity contribution < 1.29 is 10.9 Å². The first-order valence-electron chi connectivity index (χ1n) is 5.39. The van der Waals surface area contributed by atoms with Gasteiger partial charge in [0.15, 0.2) is 0 Å². The van der Waals surface area contributed by atoms with Crippen molar-refractivity contribution in [2.45, 2.75) is 52.3 Å². The zero-order valence-corrected chi connectivity index (χ0v) is 8.14. The molecule has 0 N–H and O–H groups in total. The van der Waals surface area contributed by atoms with Crippen LogP contribution in [0.5, 0.6) is 0 Å². The van der Waals surface area contributed by atoms with Gasteiger partial charge >= 0.3 is 5.97 Å². The summed E-state index contributed by atoms with van der Waals surface area (Å²) in [6, 6.07) is 0. The molecule has 0 aromatic carbocycles. The quantitative estimate of drug-likeness (QED) is 0.437. The van der Waals surface area contributed by atoms with Crippen molar-refractivity contribution in [1.29, 1.82) is 0 Å². The van der Waals surface area contributed by atoms with Gasteiger partial charge in [-0.2, -0.15) is 0 Å². The Morgan fingerprint density at radius 1 is 1.25 bits per heavy atom. The third-order valence-corrected chi connectivity index (χ3v) is 1.66. The molecule has 12 heavy (non-hydrogen) atoms. The van der Waals surface area contributed by atoms with Crippen molar-refractivity contribution in [3.05, 3.63) is 0 Å². The SMILES string of the molecule is [2H]C(CCCCCC)C(=O)OCC. The summed E-state index contributed by atoms with van der Waals surface area (Å²) in [7, 11) is 0. The number of hydrogen-bond donors (Lipinski definition) is 0. The summed E-state index contributed by atoms with van der Waals surface area (Å²) in [6.45, 7) is 4.29. The van der Waals surface area contributed by atoms with Gasteiger partial charge in [0.2, 0.25) is 0 Å². The standard InChI is InChI=1S/C10H20O2/c1-3-5-6-7-8-9-10(11)12-4-2/h3-9H2,1-2H3/i9D. The van der Waals surface area contributed by atoms with Crippen LogP contribution in [-0.4, -0.2) is 12.6 Å². The summed E-state index contributed by atoms with van der Waals surface area (Å²) in [5, 5.41) is 0. The summed E-state index contributed by atoms with van der Waals surface area (Å²) in [5.74, 6) is -0.376. The van der Waals surface area contributed by atoms with Gasteiger partial charge in [-0.25, -0.2) is 0 Å². The first kappa shape index (κ1) is 9.56. The summed E-state index contributed by atoms with van der Waals surface area (Å²) < 4.78 is 12.2. The Morgan fingerprint density at radius 3 is 2.50 bits per heavy atom. The van der Waals surface area contributed by atoms with E-state index in [9.17, 15) is 4.79 Å². The second kappa shape index (κ2) is 8.57. The van der Waals surface area contributed by atoms with Crippen LogP contribution in [0.2, 0.25) is 0 Å². The Bertz CT molecular complexity index is 137. The van der Waals surface area contributed by atoms with Crippen LogP contribution in [-0.2, 0) is 9.53 Å². The molecule has 0 spiro atoms. The zero-order valence-electron chi connectivity index (χ0n) is 9.14. The Hall–Kier alpha value is -0.530. The number of esters is 1. The molecule has 0 rings (SSSR count). The fraction of sp³-hybridized carbons (Fsp3) is 0.900. The van der Waals surface area contributed by atoms with Crippen molar-refractivity contribution >= 4 is 5.97 Å². The normalized spacial score (nSPS) is 13.7. The molecule has 0 aliphatic rings. The highest BCUT2D eigenvalue weighted by Crippen LogP contribution is 2.05. The molecule has 0 bridgehead atoms. The second-order valence-corrected chi connectivity index (χ2v) is 2.81. The van der Waals surface area contributed by atoms with Crippen LogP contribution < -0.4 is 0 Å². The van der Waals surface area contributed by atoms with Crippen LogP contribution in [0.25, 0.3) is 0 Å². The zero-order chi connectivity index (χ0) is 10.1. The third-order valence-electron chi connectivity index (χ3n) is 1.66. The van der Waals surface area contributed by atoms with Crippen molar-refractivity contribution in [1.82, 2.24) is 0 Å². The third kappa shape index (κ3) is 7.58. The fourth-order valence-electron chi connectivity index (χ4n) is 0.992. The van der Waals surface area contributed by atoms with Crippen molar-refractivity contribution in [3.8, 4) is 0 Å². The van der Waals surface area contributed by atoms with E-state index in [2.05, 4.69) is 6.92 Å². The maximum atomic E-state index is 11.0. The highest BCUT2D eigenvalue weighted by atomic mass is 16.5. The molecule has 0 heterocycles. The van der Waals surface area contributed by atoms with E-state index in [-0.39, 0.29) is 5.97 Å². The molecule has 0 saturated carbocycles. The molecule has 0 aromatic heterocycles. The number of unbranched alkanes of at least 4 members (excludes halogenated alkanes) is 3. The number of carbonyl (C=O) groups is 1. The predicted molar refractivity (Wildman–Crippen MR) is 50.0 cm³/mol. The molecule has 0 fully saturated rings. The molecular formula is C10H20O2. The molecule has 0 aromatic rings. The summed E-state index contributed by atoms with van der Waals surface area (Å²) in [5.41, 5.74) is 0. The van der Waals surface area contributed by atoms with Gasteiger partial charge < -0.3 is 4.74 Å². The molecule has 2 nitrogen and oxygen atoms in total. The lowest BCUT2D eigenvalue weighted by atomic mass is 10.1. The lowest BCUT2D eigenvalue weighted by Gasteiger charge is -2.00. The predicted octanol–water partition coefficient (Wildman–Crippen LogP) is 2.91. The largest absolute Gasteiger partial charge is 0.466 e. The Balaban J connectivity index is 3.38. The molecule has 0 radical (unpaired) electrons. The van der Waals surface area contributed by atoms with Crippen LogP contribution in [0.4, 0.5) is 0 Å². The van der Waals surface area contributed by atoms with Crippen LogP contribution in [0.15, 0.2) is 0 Å². The topological polar surface area (TPSA) is 26.3 Å². The molecule has 0 aliphatic carbocycles. The van der Waals surface area contributed by atoms with E-state index in [0.717, 1.165) is 12.8 Å². The first-order chi connectivity index (χ1) is 6.22. The molecule has 0 aliphatic heterocycles. The highest BCUT2D eigenvalue weighted by Gasteiger charge is 1.99. The first-order valence-corrected chi connectivity index (χ1v) is 4.81. The van der Waals surface area contributed by atoms with Crippen LogP contribution in [0.3, 0.4) is 0 Å². The number of ether oxygens (including phenoxy) is 1. The minimum atomic E-state index is -0.670.